The number of methoxy groups -OCH3 is 2. The Balaban J connectivity index is 1.59. The van der Waals surface area contributed by atoms with Crippen molar-refractivity contribution in [1.29, 1.82) is 0 Å². The van der Waals surface area contributed by atoms with Crippen LogP contribution >= 0.6 is 22.6 Å². The van der Waals surface area contributed by atoms with Crippen LogP contribution in [0.3, 0.4) is 0 Å². The van der Waals surface area contributed by atoms with Crippen LogP contribution in [-0.2, 0) is 0 Å². The van der Waals surface area contributed by atoms with Gasteiger partial charge in [0, 0.05) is 14.5 Å². The number of benzene rings is 6. The summed E-state index contributed by atoms with van der Waals surface area (Å²) in [4.78, 5) is 0. The summed E-state index contributed by atoms with van der Waals surface area (Å²) in [6.45, 7) is 4.45. The molecular formula is C36H29IO2. The van der Waals surface area contributed by atoms with Crippen molar-refractivity contribution >= 4 is 44.1 Å². The number of halogens is 1. The largest absolute Gasteiger partial charge is 0.497 e. The molecule has 0 aliphatic heterocycles. The van der Waals surface area contributed by atoms with E-state index >= 15 is 0 Å². The second-order valence-corrected chi connectivity index (χ2v) is 11.1. The van der Waals surface area contributed by atoms with Crippen molar-refractivity contribution in [2.75, 3.05) is 14.2 Å². The third-order valence-corrected chi connectivity index (χ3v) is 8.51. The summed E-state index contributed by atoms with van der Waals surface area (Å²) in [6.07, 6.45) is 0. The van der Waals surface area contributed by atoms with E-state index in [1.54, 1.807) is 14.2 Å². The van der Waals surface area contributed by atoms with Crippen LogP contribution in [-0.4, -0.2) is 14.2 Å². The second kappa shape index (κ2) is 10.4. The second-order valence-electron chi connectivity index (χ2n) is 9.90. The summed E-state index contributed by atoms with van der Waals surface area (Å²) in [6, 6.07) is 36.9. The van der Waals surface area contributed by atoms with Crippen molar-refractivity contribution in [1.82, 2.24) is 0 Å². The Morgan fingerprint density at radius 1 is 0.487 bits per heavy atom. The van der Waals surface area contributed by atoms with Gasteiger partial charge < -0.3 is 9.47 Å². The van der Waals surface area contributed by atoms with Crippen LogP contribution in [0.1, 0.15) is 11.1 Å². The van der Waals surface area contributed by atoms with Gasteiger partial charge in [0.25, 0.3) is 0 Å². The molecule has 0 spiro atoms. The maximum absolute atomic E-state index is 5.79. The fraction of sp³-hybridized carbons (Fsp3) is 0.111. The van der Waals surface area contributed by atoms with Crippen molar-refractivity contribution in [2.24, 2.45) is 0 Å². The van der Waals surface area contributed by atoms with Crippen molar-refractivity contribution < 1.29 is 9.47 Å². The summed E-state index contributed by atoms with van der Waals surface area (Å²) in [7, 11) is 3.42. The first-order chi connectivity index (χ1) is 19.0. The minimum Gasteiger partial charge on any atom is -0.497 e. The van der Waals surface area contributed by atoms with Gasteiger partial charge in [0.2, 0.25) is 0 Å². The van der Waals surface area contributed by atoms with Crippen molar-refractivity contribution in [3.63, 3.8) is 0 Å². The van der Waals surface area contributed by atoms with Crippen LogP contribution in [0, 0.1) is 17.4 Å². The summed E-state index contributed by atoms with van der Waals surface area (Å²) in [5.74, 6) is 1.63. The van der Waals surface area contributed by atoms with Crippen LogP contribution < -0.4 is 9.47 Å². The Hall–Kier alpha value is -3.83. The van der Waals surface area contributed by atoms with Crippen molar-refractivity contribution in [3.05, 3.63) is 118 Å². The van der Waals surface area contributed by atoms with E-state index in [0.717, 1.165) is 22.6 Å². The number of hydrogen-bond donors (Lipinski definition) is 0. The average Bonchev–Trinajstić information content (AvgIpc) is 2.97. The molecule has 0 amide bonds. The van der Waals surface area contributed by atoms with Crippen LogP contribution in [0.2, 0.25) is 0 Å². The maximum atomic E-state index is 5.79. The quantitative estimate of drug-likeness (QED) is 0.179. The molecule has 0 saturated heterocycles. The summed E-state index contributed by atoms with van der Waals surface area (Å²) in [5.41, 5.74) is 9.67. The maximum Gasteiger partial charge on any atom is 0.126 e. The summed E-state index contributed by atoms with van der Waals surface area (Å²) >= 11 is 2.46. The van der Waals surface area contributed by atoms with Gasteiger partial charge in [-0.05, 0) is 116 Å². The van der Waals surface area contributed by atoms with E-state index in [-0.39, 0.29) is 0 Å². The Morgan fingerprint density at radius 3 is 1.56 bits per heavy atom. The molecule has 0 fully saturated rings. The zero-order chi connectivity index (χ0) is 27.1. The van der Waals surface area contributed by atoms with E-state index in [1.807, 2.05) is 12.1 Å². The zero-order valence-corrected chi connectivity index (χ0v) is 24.7. The molecular weight excluding hydrogens is 591 g/mol. The zero-order valence-electron chi connectivity index (χ0n) is 22.5. The predicted molar refractivity (Wildman–Crippen MR) is 173 cm³/mol. The lowest BCUT2D eigenvalue weighted by Crippen LogP contribution is -1.95. The first kappa shape index (κ1) is 25.4. The van der Waals surface area contributed by atoms with Gasteiger partial charge in [0.1, 0.15) is 11.5 Å². The topological polar surface area (TPSA) is 18.5 Å². The van der Waals surface area contributed by atoms with Gasteiger partial charge >= 0.3 is 0 Å². The van der Waals surface area contributed by atoms with Gasteiger partial charge in [-0.25, -0.2) is 0 Å². The van der Waals surface area contributed by atoms with Crippen molar-refractivity contribution in [2.45, 2.75) is 13.8 Å². The molecule has 0 heterocycles. The lowest BCUT2D eigenvalue weighted by Gasteiger charge is -2.19. The van der Waals surface area contributed by atoms with Gasteiger partial charge in [0.15, 0.2) is 0 Å². The standard InChI is InChI=1S/C36H29IO2/c1-22-20-31(28-14-7-11-25-12-8-16-33(37)36(25)28)23(2)19-30(22)27-13-5-9-24-10-6-15-29(35(24)27)32-21-26(38-3)17-18-34(32)39-4/h5-21H,1-4H3. The van der Waals surface area contributed by atoms with E-state index in [9.17, 15) is 0 Å². The van der Waals surface area contributed by atoms with Crippen LogP contribution in [0.5, 0.6) is 11.5 Å². The molecule has 6 aromatic rings. The first-order valence-electron chi connectivity index (χ1n) is 13.0. The number of aryl methyl sites for hydroxylation is 2. The Bertz CT molecular complexity index is 1860. The molecule has 192 valence electrons. The normalized spacial score (nSPS) is 11.2. The van der Waals surface area contributed by atoms with E-state index in [0.29, 0.717) is 0 Å². The molecule has 39 heavy (non-hydrogen) atoms. The van der Waals surface area contributed by atoms with Crippen LogP contribution in [0.15, 0.2) is 103 Å². The Labute approximate surface area is 243 Å². The number of fused-ring (bicyclic) bond motifs is 2. The SMILES string of the molecule is COc1ccc(OC)c(-c2cccc3cccc(-c4cc(C)c(-c5cccc6cccc(I)c56)cc4C)c23)c1. The van der Waals surface area contributed by atoms with E-state index in [2.05, 4.69) is 127 Å². The fourth-order valence-electron chi connectivity index (χ4n) is 5.73. The van der Waals surface area contributed by atoms with Crippen LogP contribution in [0.25, 0.3) is 54.9 Å². The summed E-state index contributed by atoms with van der Waals surface area (Å²) < 4.78 is 12.6. The molecule has 0 radical (unpaired) electrons. The van der Waals surface area contributed by atoms with Crippen molar-refractivity contribution in [3.8, 4) is 44.9 Å². The molecule has 0 N–H and O–H groups in total. The van der Waals surface area contributed by atoms with Crippen LogP contribution in [0.4, 0.5) is 0 Å². The summed E-state index contributed by atoms with van der Waals surface area (Å²) in [5, 5.41) is 4.99. The van der Waals surface area contributed by atoms with Gasteiger partial charge in [-0.2, -0.15) is 0 Å². The molecule has 0 unspecified atom stereocenters. The molecule has 3 heteroatoms. The minimum absolute atomic E-state index is 0.807. The number of ether oxygens (including phenoxy) is 2. The van der Waals surface area contributed by atoms with E-state index in [4.69, 9.17) is 9.47 Å². The first-order valence-corrected chi connectivity index (χ1v) is 14.1. The highest BCUT2D eigenvalue weighted by atomic mass is 127. The lowest BCUT2D eigenvalue weighted by molar-refractivity contribution is 0.404. The molecule has 6 rings (SSSR count). The fourth-order valence-corrected chi connectivity index (χ4v) is 6.54. The van der Waals surface area contributed by atoms with Gasteiger partial charge in [-0.1, -0.05) is 78.9 Å². The predicted octanol–water partition coefficient (Wildman–Crippen LogP) is 10.2. The smallest absolute Gasteiger partial charge is 0.126 e. The van der Waals surface area contributed by atoms with E-state index in [1.165, 1.54) is 58.5 Å². The number of hydrogen-bond acceptors (Lipinski definition) is 2. The number of rotatable bonds is 5. The third kappa shape index (κ3) is 4.45. The molecule has 0 atom stereocenters. The Kier molecular flexibility index (Phi) is 6.78. The molecule has 0 aromatic heterocycles. The molecule has 0 aliphatic rings. The highest BCUT2D eigenvalue weighted by molar-refractivity contribution is 14.1. The molecule has 0 aliphatic carbocycles. The molecule has 0 bridgehead atoms. The lowest BCUT2D eigenvalue weighted by atomic mass is 9.86. The highest BCUT2D eigenvalue weighted by Gasteiger charge is 2.17. The van der Waals surface area contributed by atoms with Gasteiger partial charge in [0.05, 0.1) is 14.2 Å². The highest BCUT2D eigenvalue weighted by Crippen LogP contribution is 2.43. The third-order valence-electron chi connectivity index (χ3n) is 7.61. The van der Waals surface area contributed by atoms with Gasteiger partial charge in [-0.3, -0.25) is 0 Å². The Morgan fingerprint density at radius 2 is 1.00 bits per heavy atom. The molecule has 2 nitrogen and oxygen atoms in total. The monoisotopic (exact) mass is 620 g/mol. The molecule has 6 aromatic carbocycles. The molecule has 0 saturated carbocycles. The minimum atomic E-state index is 0.807. The van der Waals surface area contributed by atoms with Gasteiger partial charge in [-0.15, -0.1) is 0 Å². The van der Waals surface area contributed by atoms with E-state index < -0.39 is 0 Å². The average molecular weight is 621 g/mol.